The number of carbonyl (C=O) groups is 2. The van der Waals surface area contributed by atoms with E-state index in [0.29, 0.717) is 10.6 Å². The highest BCUT2D eigenvalue weighted by atomic mass is 35.5. The van der Waals surface area contributed by atoms with Crippen molar-refractivity contribution in [2.24, 2.45) is 0 Å². The van der Waals surface area contributed by atoms with Gasteiger partial charge in [-0.3, -0.25) is 9.59 Å². The molecule has 0 spiro atoms. The summed E-state index contributed by atoms with van der Waals surface area (Å²) in [5.74, 6) is -1.31. The molecule has 2 rings (SSSR count). The summed E-state index contributed by atoms with van der Waals surface area (Å²) in [5.41, 5.74) is 0.797. The van der Waals surface area contributed by atoms with Crippen LogP contribution < -0.4 is 5.32 Å². The molecule has 26 heavy (non-hydrogen) atoms. The van der Waals surface area contributed by atoms with E-state index in [-0.39, 0.29) is 29.5 Å². The molecule has 0 aromatic heterocycles. The van der Waals surface area contributed by atoms with Crippen molar-refractivity contribution >= 4 is 35.0 Å². The fraction of sp³-hybridized carbons (Fsp3) is 0.263. The fourth-order valence-electron chi connectivity index (χ4n) is 2.56. The predicted molar refractivity (Wildman–Crippen MR) is 101 cm³/mol. The smallest absolute Gasteiger partial charge is 0.242 e. The summed E-state index contributed by atoms with van der Waals surface area (Å²) >= 11 is 12.2. The quantitative estimate of drug-likeness (QED) is 0.806. The second-order valence-corrected chi connectivity index (χ2v) is 6.59. The average molecular weight is 397 g/mol. The summed E-state index contributed by atoms with van der Waals surface area (Å²) < 4.78 is 14.0. The zero-order chi connectivity index (χ0) is 19.3. The normalized spacial score (nSPS) is 11.7. The Kier molecular flexibility index (Phi) is 7.00. The molecule has 138 valence electrons. The van der Waals surface area contributed by atoms with E-state index in [1.807, 2.05) is 0 Å². The highest BCUT2D eigenvalue weighted by molar-refractivity contribution is 6.31. The molecule has 2 amide bonds. The summed E-state index contributed by atoms with van der Waals surface area (Å²) in [7, 11) is 1.49. The molecule has 1 atom stereocenters. The molecule has 4 nitrogen and oxygen atoms in total. The van der Waals surface area contributed by atoms with Gasteiger partial charge in [-0.25, -0.2) is 4.39 Å². The maximum Gasteiger partial charge on any atom is 0.242 e. The van der Waals surface area contributed by atoms with Crippen LogP contribution in [0.2, 0.25) is 10.0 Å². The lowest BCUT2D eigenvalue weighted by atomic mass is 10.1. The first-order valence-electron chi connectivity index (χ1n) is 8.02. The average Bonchev–Trinajstić information content (AvgIpc) is 2.62. The standard InChI is InChI=1S/C19H19Cl2FN2O2/c1-12(19(26)23-2)24(11-13-6-3-4-7-15(13)20)18(25)10-14-16(21)8-5-9-17(14)22/h3-9,12H,10-11H2,1-2H3,(H,23,26)/t12-/m0/s1. The van der Waals surface area contributed by atoms with Gasteiger partial charge in [0.2, 0.25) is 11.8 Å². The van der Waals surface area contributed by atoms with Gasteiger partial charge in [-0.05, 0) is 30.7 Å². The van der Waals surface area contributed by atoms with Gasteiger partial charge in [-0.2, -0.15) is 0 Å². The van der Waals surface area contributed by atoms with Crippen molar-refractivity contribution in [1.82, 2.24) is 10.2 Å². The molecule has 0 bridgehead atoms. The van der Waals surface area contributed by atoms with Crippen LogP contribution in [0.1, 0.15) is 18.1 Å². The molecule has 0 aliphatic heterocycles. The van der Waals surface area contributed by atoms with Gasteiger partial charge >= 0.3 is 0 Å². The van der Waals surface area contributed by atoms with E-state index in [4.69, 9.17) is 23.2 Å². The number of amides is 2. The summed E-state index contributed by atoms with van der Waals surface area (Å²) in [5, 5.41) is 3.18. The maximum atomic E-state index is 14.0. The SMILES string of the molecule is CNC(=O)[C@H](C)N(Cc1ccccc1Cl)C(=O)Cc1c(F)cccc1Cl. The number of benzene rings is 2. The van der Waals surface area contributed by atoms with Crippen LogP contribution in [0.3, 0.4) is 0 Å². The molecular weight excluding hydrogens is 378 g/mol. The first-order chi connectivity index (χ1) is 12.3. The maximum absolute atomic E-state index is 14.0. The Bertz CT molecular complexity index is 794. The van der Waals surface area contributed by atoms with E-state index in [2.05, 4.69) is 5.32 Å². The van der Waals surface area contributed by atoms with Gasteiger partial charge in [0, 0.05) is 29.2 Å². The summed E-state index contributed by atoms with van der Waals surface area (Å²) in [6, 6.07) is 10.5. The summed E-state index contributed by atoms with van der Waals surface area (Å²) in [6.45, 7) is 1.73. The highest BCUT2D eigenvalue weighted by Gasteiger charge is 2.27. The number of nitrogens with zero attached hydrogens (tertiary/aromatic N) is 1. The van der Waals surface area contributed by atoms with Crippen LogP contribution in [0, 0.1) is 5.82 Å². The Balaban J connectivity index is 2.32. The number of hydrogen-bond acceptors (Lipinski definition) is 2. The van der Waals surface area contributed by atoms with Crippen molar-refractivity contribution in [1.29, 1.82) is 0 Å². The van der Waals surface area contributed by atoms with Crippen LogP contribution in [0.25, 0.3) is 0 Å². The van der Waals surface area contributed by atoms with E-state index in [1.165, 1.54) is 30.1 Å². The van der Waals surface area contributed by atoms with Crippen molar-refractivity contribution in [3.05, 3.63) is 69.5 Å². The van der Waals surface area contributed by atoms with Crippen molar-refractivity contribution in [2.75, 3.05) is 7.05 Å². The minimum absolute atomic E-state index is 0.104. The van der Waals surface area contributed by atoms with Gasteiger partial charge in [0.05, 0.1) is 6.42 Å². The zero-order valence-corrected chi connectivity index (χ0v) is 15.9. The monoisotopic (exact) mass is 396 g/mol. The summed E-state index contributed by atoms with van der Waals surface area (Å²) in [4.78, 5) is 26.3. The lowest BCUT2D eigenvalue weighted by Gasteiger charge is -2.29. The Morgan fingerprint density at radius 1 is 1.12 bits per heavy atom. The van der Waals surface area contributed by atoms with Gasteiger partial charge in [0.15, 0.2) is 0 Å². The molecule has 0 saturated heterocycles. The van der Waals surface area contributed by atoms with Gasteiger partial charge in [0.1, 0.15) is 11.9 Å². The fourth-order valence-corrected chi connectivity index (χ4v) is 2.98. The molecule has 0 fully saturated rings. The molecule has 7 heteroatoms. The molecule has 0 aliphatic carbocycles. The molecule has 0 aliphatic rings. The third kappa shape index (κ3) is 4.74. The molecule has 2 aromatic carbocycles. The van der Waals surface area contributed by atoms with Gasteiger partial charge < -0.3 is 10.2 Å². The third-order valence-electron chi connectivity index (χ3n) is 4.10. The van der Waals surface area contributed by atoms with Crippen LogP contribution in [0.5, 0.6) is 0 Å². The highest BCUT2D eigenvalue weighted by Crippen LogP contribution is 2.23. The molecule has 0 saturated carbocycles. The summed E-state index contributed by atoms with van der Waals surface area (Å²) in [6.07, 6.45) is -0.253. The number of likely N-dealkylation sites (N-methyl/N-ethyl adjacent to an activating group) is 1. The number of hydrogen-bond donors (Lipinski definition) is 1. The van der Waals surface area contributed by atoms with Crippen molar-refractivity contribution in [2.45, 2.75) is 25.9 Å². The van der Waals surface area contributed by atoms with Gasteiger partial charge in [-0.1, -0.05) is 47.5 Å². The number of rotatable bonds is 6. The second kappa shape index (κ2) is 9.01. The second-order valence-electron chi connectivity index (χ2n) is 5.78. The van der Waals surface area contributed by atoms with E-state index in [0.717, 1.165) is 0 Å². The van der Waals surface area contributed by atoms with Crippen LogP contribution >= 0.6 is 23.2 Å². The number of halogens is 3. The van der Waals surface area contributed by atoms with Crippen LogP contribution in [-0.4, -0.2) is 29.8 Å². The van der Waals surface area contributed by atoms with Crippen LogP contribution in [0.15, 0.2) is 42.5 Å². The van der Waals surface area contributed by atoms with Crippen molar-refractivity contribution < 1.29 is 14.0 Å². The first kappa shape index (κ1) is 20.2. The molecule has 1 N–H and O–H groups in total. The number of nitrogens with one attached hydrogen (secondary N) is 1. The Labute approximate surface area is 161 Å². The van der Waals surface area contributed by atoms with Crippen molar-refractivity contribution in [3.63, 3.8) is 0 Å². The van der Waals surface area contributed by atoms with E-state index >= 15 is 0 Å². The van der Waals surface area contributed by atoms with E-state index in [9.17, 15) is 14.0 Å². The lowest BCUT2D eigenvalue weighted by molar-refractivity contribution is -0.139. The largest absolute Gasteiger partial charge is 0.357 e. The lowest BCUT2D eigenvalue weighted by Crippen LogP contribution is -2.47. The van der Waals surface area contributed by atoms with E-state index in [1.54, 1.807) is 31.2 Å². The first-order valence-corrected chi connectivity index (χ1v) is 8.78. The van der Waals surface area contributed by atoms with Crippen LogP contribution in [0.4, 0.5) is 4.39 Å². The van der Waals surface area contributed by atoms with Gasteiger partial charge in [-0.15, -0.1) is 0 Å². The molecule has 0 unspecified atom stereocenters. The predicted octanol–water partition coefficient (Wildman–Crippen LogP) is 3.84. The third-order valence-corrected chi connectivity index (χ3v) is 4.82. The Hall–Kier alpha value is -2.11. The van der Waals surface area contributed by atoms with Gasteiger partial charge in [0.25, 0.3) is 0 Å². The Morgan fingerprint density at radius 2 is 1.77 bits per heavy atom. The van der Waals surface area contributed by atoms with Crippen LogP contribution in [-0.2, 0) is 22.6 Å². The molecule has 0 radical (unpaired) electrons. The minimum Gasteiger partial charge on any atom is -0.357 e. The number of carbonyl (C=O) groups excluding carboxylic acids is 2. The minimum atomic E-state index is -0.755. The van der Waals surface area contributed by atoms with Crippen molar-refractivity contribution in [3.8, 4) is 0 Å². The Morgan fingerprint density at radius 3 is 2.38 bits per heavy atom. The molecule has 0 heterocycles. The zero-order valence-electron chi connectivity index (χ0n) is 14.4. The molecule has 2 aromatic rings. The topological polar surface area (TPSA) is 49.4 Å². The molecular formula is C19H19Cl2FN2O2. The van der Waals surface area contributed by atoms with E-state index < -0.39 is 17.8 Å².